The first kappa shape index (κ1) is 12.1. The molecule has 4 heteroatoms. The molecule has 1 atom stereocenters. The van der Waals surface area contributed by atoms with Gasteiger partial charge in [0.1, 0.15) is 0 Å². The molecule has 0 aromatic carbocycles. The van der Waals surface area contributed by atoms with E-state index < -0.39 is 12.0 Å². The van der Waals surface area contributed by atoms with E-state index >= 15 is 0 Å². The summed E-state index contributed by atoms with van der Waals surface area (Å²) in [6.45, 7) is 1.83. The van der Waals surface area contributed by atoms with Gasteiger partial charge in [-0.25, -0.2) is 8.78 Å². The van der Waals surface area contributed by atoms with E-state index in [-0.39, 0.29) is 6.42 Å². The highest BCUT2D eigenvalue weighted by Crippen LogP contribution is 2.25. The van der Waals surface area contributed by atoms with Crippen LogP contribution in [0, 0.1) is 9.85 Å². The highest BCUT2D eigenvalue weighted by molar-refractivity contribution is 14.1. The van der Waals surface area contributed by atoms with Crippen molar-refractivity contribution in [2.24, 2.45) is 0 Å². The van der Waals surface area contributed by atoms with Crippen LogP contribution in [-0.4, -0.2) is 17.1 Å². The van der Waals surface area contributed by atoms with Gasteiger partial charge >= 0.3 is 0 Å². The summed E-state index contributed by atoms with van der Waals surface area (Å²) in [5, 5.41) is 8.88. The molecule has 0 aliphatic carbocycles. The molecule has 1 N–H and O–H groups in total. The monoisotopic (exact) mass is 288 g/mol. The SMILES string of the molecule is CCCCC(F)(F)[C@@H](O)C#CI. The zero-order valence-corrected chi connectivity index (χ0v) is 8.94. The second kappa shape index (κ2) is 5.70. The van der Waals surface area contributed by atoms with Crippen LogP contribution in [0.5, 0.6) is 0 Å². The third-order valence-electron chi connectivity index (χ3n) is 1.45. The zero-order valence-electron chi connectivity index (χ0n) is 6.78. The first-order chi connectivity index (χ1) is 5.54. The minimum Gasteiger partial charge on any atom is -0.374 e. The Morgan fingerprint density at radius 1 is 1.58 bits per heavy atom. The van der Waals surface area contributed by atoms with Gasteiger partial charge in [-0.1, -0.05) is 19.3 Å². The lowest BCUT2D eigenvalue weighted by Crippen LogP contribution is -2.31. The van der Waals surface area contributed by atoms with E-state index in [1.807, 2.05) is 12.8 Å². The van der Waals surface area contributed by atoms with Crippen molar-refractivity contribution < 1.29 is 13.9 Å². The van der Waals surface area contributed by atoms with E-state index in [2.05, 4.69) is 3.93 Å². The first-order valence-corrected chi connectivity index (χ1v) is 4.79. The fourth-order valence-corrected chi connectivity index (χ4v) is 1.00. The quantitative estimate of drug-likeness (QED) is 0.622. The number of aliphatic hydroxyl groups excluding tert-OH is 1. The van der Waals surface area contributed by atoms with Gasteiger partial charge in [-0.15, -0.1) is 0 Å². The smallest absolute Gasteiger partial charge is 0.284 e. The van der Waals surface area contributed by atoms with Crippen LogP contribution in [0.25, 0.3) is 0 Å². The Balaban J connectivity index is 4.05. The van der Waals surface area contributed by atoms with Crippen molar-refractivity contribution in [1.29, 1.82) is 0 Å². The Kier molecular flexibility index (Phi) is 5.76. The topological polar surface area (TPSA) is 20.2 Å². The first-order valence-electron chi connectivity index (χ1n) is 3.71. The molecule has 0 heterocycles. The third-order valence-corrected chi connectivity index (χ3v) is 1.77. The van der Waals surface area contributed by atoms with Crippen LogP contribution in [0.2, 0.25) is 0 Å². The fraction of sp³-hybridized carbons (Fsp3) is 0.750. The number of aliphatic hydroxyl groups is 1. The largest absolute Gasteiger partial charge is 0.374 e. The van der Waals surface area contributed by atoms with E-state index in [9.17, 15) is 8.78 Å². The molecule has 0 spiro atoms. The summed E-state index contributed by atoms with van der Waals surface area (Å²) < 4.78 is 27.9. The molecule has 0 saturated heterocycles. The van der Waals surface area contributed by atoms with Crippen molar-refractivity contribution in [3.8, 4) is 9.85 Å². The normalized spacial score (nSPS) is 13.4. The number of alkyl halides is 2. The molecule has 0 rings (SSSR count). The summed E-state index contributed by atoms with van der Waals surface area (Å²) in [6, 6.07) is 0. The zero-order chi connectivity index (χ0) is 9.61. The maximum absolute atomic E-state index is 12.8. The van der Waals surface area contributed by atoms with E-state index in [0.29, 0.717) is 12.8 Å². The molecule has 0 amide bonds. The number of rotatable bonds is 4. The Labute approximate surface area is 84.7 Å². The van der Waals surface area contributed by atoms with Crippen LogP contribution in [0.1, 0.15) is 26.2 Å². The summed E-state index contributed by atoms with van der Waals surface area (Å²) in [5.74, 6) is -1.02. The molecule has 12 heavy (non-hydrogen) atoms. The Bertz CT molecular complexity index is 183. The van der Waals surface area contributed by atoms with Gasteiger partial charge < -0.3 is 5.11 Å². The third kappa shape index (κ3) is 4.21. The van der Waals surface area contributed by atoms with Crippen LogP contribution in [0.4, 0.5) is 8.78 Å². The molecule has 0 unspecified atom stereocenters. The van der Waals surface area contributed by atoms with Crippen molar-refractivity contribution in [2.75, 3.05) is 0 Å². The summed E-state index contributed by atoms with van der Waals surface area (Å²) in [7, 11) is 0. The standard InChI is InChI=1S/C8H11F2IO/c1-2-3-5-8(9,10)7(12)4-6-11/h7,12H,2-3,5H2,1H3/t7-/m0/s1. The molecule has 70 valence electrons. The number of unbranched alkanes of at least 4 members (excludes halogenated alkanes) is 1. The molecule has 0 aromatic heterocycles. The molecule has 1 nitrogen and oxygen atoms in total. The van der Waals surface area contributed by atoms with Gasteiger partial charge in [0, 0.05) is 29.0 Å². The predicted molar refractivity (Wildman–Crippen MR) is 52.3 cm³/mol. The minimum absolute atomic E-state index is 0.296. The molecule has 0 saturated carbocycles. The highest BCUT2D eigenvalue weighted by Gasteiger charge is 2.36. The van der Waals surface area contributed by atoms with Crippen LogP contribution in [0.15, 0.2) is 0 Å². The highest BCUT2D eigenvalue weighted by atomic mass is 127. The lowest BCUT2D eigenvalue weighted by molar-refractivity contribution is -0.0887. The number of hydrogen-bond acceptors (Lipinski definition) is 1. The maximum Gasteiger partial charge on any atom is 0.284 e. The minimum atomic E-state index is -3.06. The molecule has 0 bridgehead atoms. The molecule has 0 aliphatic rings. The average Bonchev–Trinajstić information content (AvgIpc) is 2.01. The van der Waals surface area contributed by atoms with Crippen molar-refractivity contribution in [3.05, 3.63) is 0 Å². The molecule has 0 radical (unpaired) electrons. The van der Waals surface area contributed by atoms with Gasteiger partial charge in [0.2, 0.25) is 0 Å². The summed E-state index contributed by atoms with van der Waals surface area (Å²) in [5.41, 5.74) is 0. The fourth-order valence-electron chi connectivity index (χ4n) is 0.706. The van der Waals surface area contributed by atoms with Gasteiger partial charge in [-0.3, -0.25) is 0 Å². The van der Waals surface area contributed by atoms with Gasteiger partial charge in [0.25, 0.3) is 5.92 Å². The lowest BCUT2D eigenvalue weighted by atomic mass is 10.1. The van der Waals surface area contributed by atoms with Crippen LogP contribution >= 0.6 is 22.6 Å². The Morgan fingerprint density at radius 3 is 2.58 bits per heavy atom. The van der Waals surface area contributed by atoms with Gasteiger partial charge in [-0.05, 0) is 10.3 Å². The summed E-state index contributed by atoms with van der Waals surface area (Å²) in [4.78, 5) is 0. The van der Waals surface area contributed by atoms with E-state index in [1.165, 1.54) is 0 Å². The number of halogens is 3. The second-order valence-corrected chi connectivity index (χ2v) is 3.05. The molecule has 0 fully saturated rings. The Hall–Kier alpha value is 0.110. The van der Waals surface area contributed by atoms with E-state index in [1.54, 1.807) is 22.6 Å². The van der Waals surface area contributed by atoms with Crippen molar-refractivity contribution in [1.82, 2.24) is 0 Å². The summed E-state index contributed by atoms with van der Waals surface area (Å²) >= 11 is 1.63. The number of hydrogen-bond donors (Lipinski definition) is 1. The lowest BCUT2D eigenvalue weighted by Gasteiger charge is -2.17. The van der Waals surface area contributed by atoms with E-state index in [0.717, 1.165) is 0 Å². The van der Waals surface area contributed by atoms with Gasteiger partial charge in [-0.2, -0.15) is 0 Å². The average molecular weight is 288 g/mol. The molecular formula is C8H11F2IO. The predicted octanol–water partition coefficient (Wildman–Crippen LogP) is 2.57. The second-order valence-electron chi connectivity index (χ2n) is 2.51. The van der Waals surface area contributed by atoms with Crippen molar-refractivity contribution >= 4 is 22.6 Å². The maximum atomic E-state index is 12.8. The molecular weight excluding hydrogens is 277 g/mol. The molecule has 0 aromatic rings. The van der Waals surface area contributed by atoms with Crippen LogP contribution in [-0.2, 0) is 0 Å². The van der Waals surface area contributed by atoms with E-state index in [4.69, 9.17) is 5.11 Å². The van der Waals surface area contributed by atoms with Crippen molar-refractivity contribution in [2.45, 2.75) is 38.2 Å². The van der Waals surface area contributed by atoms with Crippen molar-refractivity contribution in [3.63, 3.8) is 0 Å². The van der Waals surface area contributed by atoms with Crippen LogP contribution < -0.4 is 0 Å². The van der Waals surface area contributed by atoms with Gasteiger partial charge in [0.05, 0.1) is 0 Å². The van der Waals surface area contributed by atoms with Gasteiger partial charge in [0.15, 0.2) is 6.10 Å². The molecule has 0 aliphatic heterocycles. The van der Waals surface area contributed by atoms with Crippen LogP contribution in [0.3, 0.4) is 0 Å². The Morgan fingerprint density at radius 2 is 2.17 bits per heavy atom. The summed E-state index contributed by atoms with van der Waals surface area (Å²) in [6.07, 6.45) is -1.01.